The van der Waals surface area contributed by atoms with Crippen LogP contribution in [0, 0.1) is 13.8 Å². The van der Waals surface area contributed by atoms with Crippen LogP contribution in [0.25, 0.3) is 0 Å². The Morgan fingerprint density at radius 1 is 0.947 bits per heavy atom. The summed E-state index contributed by atoms with van der Waals surface area (Å²) in [6, 6.07) is 22.8. The van der Waals surface area contributed by atoms with E-state index in [2.05, 4.69) is 16.0 Å². The number of amides is 2. The van der Waals surface area contributed by atoms with E-state index in [0.29, 0.717) is 22.1 Å². The van der Waals surface area contributed by atoms with Gasteiger partial charge in [0, 0.05) is 36.9 Å². The van der Waals surface area contributed by atoms with E-state index in [-0.39, 0.29) is 17.6 Å². The van der Waals surface area contributed by atoms with Crippen molar-refractivity contribution < 1.29 is 9.59 Å². The number of carbonyl (C=O) groups excluding carboxylic acids is 2. The molecular formula is C30H33N5O2S. The van der Waals surface area contributed by atoms with Crippen LogP contribution in [0.5, 0.6) is 0 Å². The highest BCUT2D eigenvalue weighted by molar-refractivity contribution is 8.14. The number of allylic oxidation sites excluding steroid dienone is 1. The van der Waals surface area contributed by atoms with Gasteiger partial charge in [-0.25, -0.2) is 4.99 Å². The van der Waals surface area contributed by atoms with E-state index >= 15 is 0 Å². The number of carbonyl (C=O) groups is 2. The van der Waals surface area contributed by atoms with Gasteiger partial charge in [-0.3, -0.25) is 9.59 Å². The van der Waals surface area contributed by atoms with Gasteiger partial charge in [-0.05, 0) is 67.8 Å². The number of hydrogen-bond acceptors (Lipinski definition) is 6. The first-order chi connectivity index (χ1) is 18.2. The molecule has 0 aromatic heterocycles. The number of nitrogens with one attached hydrogen (secondary N) is 3. The number of thioether (sulfide) groups is 1. The monoisotopic (exact) mass is 527 g/mol. The molecule has 1 aliphatic heterocycles. The third-order valence-electron chi connectivity index (χ3n) is 6.23. The van der Waals surface area contributed by atoms with Gasteiger partial charge in [-0.2, -0.15) is 0 Å². The second-order valence-electron chi connectivity index (χ2n) is 9.46. The summed E-state index contributed by atoms with van der Waals surface area (Å²) in [7, 11) is 3.97. The van der Waals surface area contributed by atoms with Crippen LogP contribution in [-0.4, -0.2) is 36.8 Å². The van der Waals surface area contributed by atoms with Gasteiger partial charge in [0.1, 0.15) is 6.04 Å². The molecule has 1 atom stereocenters. The van der Waals surface area contributed by atoms with Gasteiger partial charge in [-0.1, -0.05) is 54.2 Å². The zero-order valence-corrected chi connectivity index (χ0v) is 23.1. The summed E-state index contributed by atoms with van der Waals surface area (Å²) in [4.78, 5) is 33.1. The Hall–Kier alpha value is -4.04. The standard InChI is InChI=1S/C30H33N5O2S/c1-19-11-12-20(2)25(17-19)33-26(36)18-38-30-31-21(3)27(29(37)32-23-9-7-6-8-10-23)28(34-30)22-13-15-24(16-14-22)35(4)5/h6-17,28H,18H2,1-5H3,(H,31,34)(H,32,37)(H,33,36)/t28-/m0/s1. The van der Waals surface area contributed by atoms with E-state index in [1.54, 1.807) is 0 Å². The van der Waals surface area contributed by atoms with Crippen LogP contribution in [0.15, 0.2) is 89.1 Å². The van der Waals surface area contributed by atoms with Crippen molar-refractivity contribution in [3.05, 3.63) is 101 Å². The van der Waals surface area contributed by atoms with Crippen LogP contribution in [0.1, 0.15) is 29.7 Å². The number of benzene rings is 3. The average Bonchev–Trinajstić information content (AvgIpc) is 2.89. The lowest BCUT2D eigenvalue weighted by Gasteiger charge is -2.27. The molecule has 0 radical (unpaired) electrons. The Morgan fingerprint density at radius 3 is 2.34 bits per heavy atom. The molecule has 2 amide bonds. The number of anilines is 3. The van der Waals surface area contributed by atoms with Crippen molar-refractivity contribution in [2.24, 2.45) is 4.99 Å². The van der Waals surface area contributed by atoms with E-state index < -0.39 is 6.04 Å². The molecule has 4 rings (SSSR count). The summed E-state index contributed by atoms with van der Waals surface area (Å²) in [5.74, 6) is -0.151. The fraction of sp³-hybridized carbons (Fsp3) is 0.233. The van der Waals surface area contributed by atoms with Gasteiger partial charge in [0.15, 0.2) is 5.17 Å². The third-order valence-corrected chi connectivity index (χ3v) is 7.11. The first-order valence-corrected chi connectivity index (χ1v) is 13.4. The van der Waals surface area contributed by atoms with E-state index in [1.165, 1.54) is 11.8 Å². The SMILES string of the molecule is CC1=C(C(=O)Nc2ccccc2)[C@H](c2ccc(N(C)C)cc2)N=C(SCC(=O)Nc2cc(C)ccc2C)N1. The van der Waals surface area contributed by atoms with Crippen molar-refractivity contribution in [1.29, 1.82) is 0 Å². The van der Waals surface area contributed by atoms with E-state index in [1.807, 2.05) is 113 Å². The Labute approximate surface area is 228 Å². The number of hydrogen-bond donors (Lipinski definition) is 3. The number of aryl methyl sites for hydroxylation is 2. The molecule has 3 aromatic carbocycles. The molecule has 0 fully saturated rings. The number of aliphatic imine (C=N–C) groups is 1. The molecule has 0 saturated heterocycles. The summed E-state index contributed by atoms with van der Waals surface area (Å²) in [6.45, 7) is 5.83. The largest absolute Gasteiger partial charge is 0.378 e. The molecule has 3 aromatic rings. The fourth-order valence-electron chi connectivity index (χ4n) is 4.12. The van der Waals surface area contributed by atoms with E-state index in [0.717, 1.165) is 28.1 Å². The Kier molecular flexibility index (Phi) is 8.53. The predicted octanol–water partition coefficient (Wildman–Crippen LogP) is 5.65. The summed E-state index contributed by atoms with van der Waals surface area (Å²) in [5.41, 5.74) is 6.81. The lowest BCUT2D eigenvalue weighted by Crippen LogP contribution is -2.32. The van der Waals surface area contributed by atoms with Crippen molar-refractivity contribution >= 4 is 45.8 Å². The van der Waals surface area contributed by atoms with Gasteiger partial charge in [0.2, 0.25) is 5.91 Å². The lowest BCUT2D eigenvalue weighted by atomic mass is 9.95. The van der Waals surface area contributed by atoms with Gasteiger partial charge < -0.3 is 20.9 Å². The van der Waals surface area contributed by atoms with Crippen molar-refractivity contribution in [2.45, 2.75) is 26.8 Å². The van der Waals surface area contributed by atoms with Crippen molar-refractivity contribution in [2.75, 3.05) is 35.4 Å². The molecule has 1 heterocycles. The molecule has 7 nitrogen and oxygen atoms in total. The normalized spacial score (nSPS) is 14.9. The van der Waals surface area contributed by atoms with Crippen LogP contribution in [-0.2, 0) is 9.59 Å². The van der Waals surface area contributed by atoms with Crippen LogP contribution < -0.4 is 20.9 Å². The maximum absolute atomic E-state index is 13.4. The lowest BCUT2D eigenvalue weighted by molar-refractivity contribution is -0.114. The number of nitrogens with zero attached hydrogens (tertiary/aromatic N) is 2. The molecule has 8 heteroatoms. The van der Waals surface area contributed by atoms with Gasteiger partial charge in [0.05, 0.1) is 11.3 Å². The predicted molar refractivity (Wildman–Crippen MR) is 159 cm³/mol. The molecule has 38 heavy (non-hydrogen) atoms. The zero-order chi connectivity index (χ0) is 27.2. The Balaban J connectivity index is 1.55. The smallest absolute Gasteiger partial charge is 0.255 e. The Morgan fingerprint density at radius 2 is 1.66 bits per heavy atom. The second kappa shape index (κ2) is 12.0. The van der Waals surface area contributed by atoms with Crippen molar-refractivity contribution in [1.82, 2.24) is 5.32 Å². The van der Waals surface area contributed by atoms with Crippen LogP contribution >= 0.6 is 11.8 Å². The third kappa shape index (κ3) is 6.63. The van der Waals surface area contributed by atoms with Crippen LogP contribution in [0.4, 0.5) is 17.1 Å². The molecule has 0 unspecified atom stereocenters. The highest BCUT2D eigenvalue weighted by atomic mass is 32.2. The molecule has 3 N–H and O–H groups in total. The first kappa shape index (κ1) is 27.0. The minimum absolute atomic E-state index is 0.116. The highest BCUT2D eigenvalue weighted by Gasteiger charge is 2.30. The number of rotatable bonds is 7. The van der Waals surface area contributed by atoms with Gasteiger partial charge >= 0.3 is 0 Å². The summed E-state index contributed by atoms with van der Waals surface area (Å²) >= 11 is 1.32. The van der Waals surface area contributed by atoms with E-state index in [9.17, 15) is 9.59 Å². The summed E-state index contributed by atoms with van der Waals surface area (Å²) < 4.78 is 0. The molecule has 0 saturated carbocycles. The van der Waals surface area contributed by atoms with Gasteiger partial charge in [-0.15, -0.1) is 0 Å². The fourth-order valence-corrected chi connectivity index (χ4v) is 4.87. The van der Waals surface area contributed by atoms with E-state index in [4.69, 9.17) is 4.99 Å². The minimum atomic E-state index is -0.513. The summed E-state index contributed by atoms with van der Waals surface area (Å²) in [5, 5.41) is 9.82. The molecule has 196 valence electrons. The zero-order valence-electron chi connectivity index (χ0n) is 22.3. The maximum atomic E-state index is 13.4. The topological polar surface area (TPSA) is 85.8 Å². The number of amidine groups is 1. The van der Waals surface area contributed by atoms with Crippen LogP contribution in [0.2, 0.25) is 0 Å². The average molecular weight is 528 g/mol. The molecule has 1 aliphatic rings. The molecule has 0 bridgehead atoms. The summed E-state index contributed by atoms with van der Waals surface area (Å²) in [6.07, 6.45) is 0. The molecule has 0 aliphatic carbocycles. The van der Waals surface area contributed by atoms with Crippen molar-refractivity contribution in [3.63, 3.8) is 0 Å². The van der Waals surface area contributed by atoms with Gasteiger partial charge in [0.25, 0.3) is 5.91 Å². The Bertz CT molecular complexity index is 1380. The molecule has 0 spiro atoms. The maximum Gasteiger partial charge on any atom is 0.255 e. The first-order valence-electron chi connectivity index (χ1n) is 12.4. The molecular weight excluding hydrogens is 494 g/mol. The van der Waals surface area contributed by atoms with Crippen molar-refractivity contribution in [3.8, 4) is 0 Å². The second-order valence-corrected chi connectivity index (χ2v) is 10.4. The quantitative estimate of drug-likeness (QED) is 0.370. The number of para-hydroxylation sites is 1. The highest BCUT2D eigenvalue weighted by Crippen LogP contribution is 2.34. The van der Waals surface area contributed by atoms with Crippen LogP contribution in [0.3, 0.4) is 0 Å². The minimum Gasteiger partial charge on any atom is -0.378 e.